The highest BCUT2D eigenvalue weighted by Gasteiger charge is 2.26. The number of aromatic nitrogens is 3. The van der Waals surface area contributed by atoms with E-state index in [0.29, 0.717) is 12.6 Å². The van der Waals surface area contributed by atoms with E-state index in [-0.39, 0.29) is 6.10 Å². The van der Waals surface area contributed by atoms with Crippen LogP contribution in [-0.4, -0.2) is 27.2 Å². The van der Waals surface area contributed by atoms with E-state index in [9.17, 15) is 0 Å². The number of nitrogens with zero attached hydrogens (tertiary/aromatic N) is 3. The lowest BCUT2D eigenvalue weighted by Crippen LogP contribution is -2.23. The zero-order chi connectivity index (χ0) is 18.2. The Kier molecular flexibility index (Phi) is 3.78. The van der Waals surface area contributed by atoms with E-state index in [1.807, 2.05) is 36.4 Å². The predicted octanol–water partition coefficient (Wildman–Crippen LogP) is 4.25. The number of aryl methyl sites for hydroxylation is 1. The predicted molar refractivity (Wildman–Crippen MR) is 104 cm³/mol. The van der Waals surface area contributed by atoms with Crippen molar-refractivity contribution in [2.75, 3.05) is 6.61 Å². The van der Waals surface area contributed by atoms with Crippen LogP contribution >= 0.6 is 0 Å². The van der Waals surface area contributed by atoms with Gasteiger partial charge in [-0.25, -0.2) is 0 Å². The third-order valence-corrected chi connectivity index (χ3v) is 4.76. The van der Waals surface area contributed by atoms with Gasteiger partial charge in [-0.15, -0.1) is 0 Å². The van der Waals surface area contributed by atoms with Crippen LogP contribution in [0.15, 0.2) is 66.9 Å². The molecule has 2 aromatic heterocycles. The molecular weight excluding hydrogens is 338 g/mol. The molecule has 27 heavy (non-hydrogen) atoms. The highest BCUT2D eigenvalue weighted by atomic mass is 16.6. The molecule has 0 N–H and O–H groups in total. The summed E-state index contributed by atoms with van der Waals surface area (Å²) in [4.78, 5) is 9.05. The van der Waals surface area contributed by atoms with E-state index >= 15 is 0 Å². The molecule has 0 amide bonds. The second-order valence-corrected chi connectivity index (χ2v) is 6.79. The number of ether oxygens (including phenoxy) is 2. The zero-order valence-electron chi connectivity index (χ0n) is 15.0. The third kappa shape index (κ3) is 3.01. The van der Waals surface area contributed by atoms with Crippen molar-refractivity contribution in [1.82, 2.24) is 14.5 Å². The van der Waals surface area contributed by atoms with Gasteiger partial charge in [-0.3, -0.25) is 9.55 Å². The molecule has 0 bridgehead atoms. The Balaban J connectivity index is 1.24. The van der Waals surface area contributed by atoms with Crippen LogP contribution in [0.4, 0.5) is 0 Å². The van der Waals surface area contributed by atoms with Crippen molar-refractivity contribution in [3.63, 3.8) is 0 Å². The first-order valence-electron chi connectivity index (χ1n) is 9.04. The highest BCUT2D eigenvalue weighted by molar-refractivity contribution is 5.76. The van der Waals surface area contributed by atoms with Crippen LogP contribution in [0.3, 0.4) is 0 Å². The minimum Gasteiger partial charge on any atom is -0.488 e. The molecule has 0 radical (unpaired) electrons. The summed E-state index contributed by atoms with van der Waals surface area (Å²) in [7, 11) is 0. The number of hydrogen-bond acceptors (Lipinski definition) is 4. The smallest absolute Gasteiger partial charge is 0.297 e. The first kappa shape index (κ1) is 15.9. The maximum Gasteiger partial charge on any atom is 0.297 e. The fraction of sp³-hybridized carbons (Fsp3) is 0.182. The largest absolute Gasteiger partial charge is 0.488 e. The molecule has 1 aliphatic rings. The van der Waals surface area contributed by atoms with Crippen LogP contribution in [-0.2, 0) is 6.54 Å². The lowest BCUT2D eigenvalue weighted by atomic mass is 10.1. The van der Waals surface area contributed by atoms with Crippen LogP contribution in [0.2, 0.25) is 0 Å². The van der Waals surface area contributed by atoms with E-state index in [4.69, 9.17) is 9.47 Å². The summed E-state index contributed by atoms with van der Waals surface area (Å²) in [5, 5.41) is 0. The quantitative estimate of drug-likeness (QED) is 0.548. The number of pyridine rings is 1. The van der Waals surface area contributed by atoms with E-state index in [0.717, 1.165) is 34.6 Å². The highest BCUT2D eigenvalue weighted by Crippen LogP contribution is 2.28. The van der Waals surface area contributed by atoms with E-state index in [1.165, 1.54) is 5.56 Å². The summed E-state index contributed by atoms with van der Waals surface area (Å²) in [6.07, 6.45) is 1.72. The molecule has 134 valence electrons. The van der Waals surface area contributed by atoms with Crippen LogP contribution < -0.4 is 9.47 Å². The minimum absolute atomic E-state index is 0.0476. The Labute approximate surface area is 157 Å². The Morgan fingerprint density at radius 1 is 1.11 bits per heavy atom. The Bertz CT molecular complexity index is 1100. The van der Waals surface area contributed by atoms with Gasteiger partial charge in [0.1, 0.15) is 12.4 Å². The molecule has 5 nitrogen and oxygen atoms in total. The Hall–Kier alpha value is -3.34. The molecule has 5 rings (SSSR count). The van der Waals surface area contributed by atoms with Gasteiger partial charge in [0, 0.05) is 5.56 Å². The molecule has 1 aliphatic heterocycles. The molecule has 1 atom stereocenters. The lowest BCUT2D eigenvalue weighted by molar-refractivity contribution is 0.143. The van der Waals surface area contributed by atoms with Gasteiger partial charge in [0.2, 0.25) is 0 Å². The monoisotopic (exact) mass is 357 g/mol. The first-order valence-corrected chi connectivity index (χ1v) is 9.04. The minimum atomic E-state index is -0.0476. The van der Waals surface area contributed by atoms with Crippen LogP contribution in [0.5, 0.6) is 11.8 Å². The summed E-state index contributed by atoms with van der Waals surface area (Å²) in [5.74, 6) is 0.740. The van der Waals surface area contributed by atoms with Crippen molar-refractivity contribution in [3.8, 4) is 23.0 Å². The molecule has 2 aromatic carbocycles. The second-order valence-electron chi connectivity index (χ2n) is 6.79. The summed E-state index contributed by atoms with van der Waals surface area (Å²) >= 11 is 0. The summed E-state index contributed by atoms with van der Waals surface area (Å²) in [6.45, 7) is 3.28. The molecule has 0 fully saturated rings. The fourth-order valence-electron chi connectivity index (χ4n) is 3.43. The van der Waals surface area contributed by atoms with Crippen LogP contribution in [0, 0.1) is 6.92 Å². The second kappa shape index (κ2) is 6.43. The van der Waals surface area contributed by atoms with Gasteiger partial charge in [0.25, 0.3) is 6.01 Å². The van der Waals surface area contributed by atoms with Crippen LogP contribution in [0.1, 0.15) is 5.56 Å². The van der Waals surface area contributed by atoms with E-state index < -0.39 is 0 Å². The zero-order valence-corrected chi connectivity index (χ0v) is 15.0. The Morgan fingerprint density at radius 2 is 2.04 bits per heavy atom. The molecule has 0 saturated heterocycles. The molecule has 4 aromatic rings. The van der Waals surface area contributed by atoms with Crippen molar-refractivity contribution in [3.05, 3.63) is 72.4 Å². The van der Waals surface area contributed by atoms with Gasteiger partial charge in [-0.05, 0) is 37.3 Å². The number of rotatable bonds is 4. The normalized spacial score (nSPS) is 15.5. The molecule has 5 heteroatoms. The van der Waals surface area contributed by atoms with Gasteiger partial charge in [-0.1, -0.05) is 35.9 Å². The summed E-state index contributed by atoms with van der Waals surface area (Å²) < 4.78 is 13.9. The van der Waals surface area contributed by atoms with Crippen molar-refractivity contribution >= 4 is 11.0 Å². The number of imidazole rings is 1. The number of benzene rings is 2. The van der Waals surface area contributed by atoms with Crippen molar-refractivity contribution < 1.29 is 9.47 Å². The van der Waals surface area contributed by atoms with Gasteiger partial charge in [-0.2, -0.15) is 4.98 Å². The van der Waals surface area contributed by atoms with Crippen molar-refractivity contribution in [2.45, 2.75) is 19.6 Å². The fourth-order valence-corrected chi connectivity index (χ4v) is 3.43. The summed E-state index contributed by atoms with van der Waals surface area (Å²) in [5.41, 5.74) is 5.33. The van der Waals surface area contributed by atoms with Gasteiger partial charge in [0.15, 0.2) is 6.10 Å². The lowest BCUT2D eigenvalue weighted by Gasteiger charge is -2.12. The van der Waals surface area contributed by atoms with Gasteiger partial charge < -0.3 is 9.47 Å². The summed E-state index contributed by atoms with van der Waals surface area (Å²) in [6, 6.07) is 21.0. The first-order chi connectivity index (χ1) is 13.3. The molecule has 0 spiro atoms. The number of fused-ring (bicyclic) bond motifs is 3. The standard InChI is InChI=1S/C22H19N3O2/c1-15-5-4-6-16(11-15)19-10-9-17(12-23-19)26-14-18-13-25-21-8-3-2-7-20(21)24-22(25)27-18/h2-12,18H,13-14H2,1H3/t18-/m0/s1. The van der Waals surface area contributed by atoms with Gasteiger partial charge in [0.05, 0.1) is 29.5 Å². The number of para-hydroxylation sites is 2. The van der Waals surface area contributed by atoms with Gasteiger partial charge >= 0.3 is 0 Å². The Morgan fingerprint density at radius 3 is 2.89 bits per heavy atom. The molecule has 0 aliphatic carbocycles. The van der Waals surface area contributed by atoms with Crippen LogP contribution in [0.25, 0.3) is 22.3 Å². The molecule has 3 heterocycles. The maximum atomic E-state index is 5.93. The molecular formula is C22H19N3O2. The van der Waals surface area contributed by atoms with Crippen molar-refractivity contribution in [2.24, 2.45) is 0 Å². The maximum absolute atomic E-state index is 5.93. The molecule has 0 unspecified atom stereocenters. The SMILES string of the molecule is Cc1cccc(-c2ccc(OC[C@@H]3Cn4c(nc5ccccc54)O3)cn2)c1. The number of hydrogen-bond donors (Lipinski definition) is 0. The average Bonchev–Trinajstić information content (AvgIpc) is 3.24. The van der Waals surface area contributed by atoms with E-state index in [2.05, 4.69) is 45.7 Å². The topological polar surface area (TPSA) is 49.2 Å². The third-order valence-electron chi connectivity index (χ3n) is 4.76. The van der Waals surface area contributed by atoms with Crippen molar-refractivity contribution in [1.29, 1.82) is 0 Å². The molecule has 0 saturated carbocycles. The average molecular weight is 357 g/mol. The van der Waals surface area contributed by atoms with E-state index in [1.54, 1.807) is 6.20 Å².